The van der Waals surface area contributed by atoms with Crippen molar-refractivity contribution < 1.29 is 4.74 Å². The average Bonchev–Trinajstić information content (AvgIpc) is 2.39. The van der Waals surface area contributed by atoms with Crippen LogP contribution >= 0.6 is 0 Å². The second-order valence-electron chi connectivity index (χ2n) is 5.20. The number of hydrogen-bond donors (Lipinski definition) is 1. The molecule has 0 saturated heterocycles. The van der Waals surface area contributed by atoms with E-state index in [1.165, 1.54) is 13.0 Å². The van der Waals surface area contributed by atoms with Crippen LogP contribution in [-0.2, 0) is 4.74 Å². The minimum Gasteiger partial charge on any atom is -0.382 e. The summed E-state index contributed by atoms with van der Waals surface area (Å²) in [6.07, 6.45) is 2.38. The zero-order valence-electron chi connectivity index (χ0n) is 13.2. The third-order valence-corrected chi connectivity index (χ3v) is 3.56. The highest BCUT2D eigenvalue weighted by Gasteiger charge is 2.13. The molecule has 0 aromatic carbocycles. The third kappa shape index (κ3) is 8.90. The summed E-state index contributed by atoms with van der Waals surface area (Å²) in [4.78, 5) is 2.57. The molecule has 3 heteroatoms. The van der Waals surface area contributed by atoms with Crippen molar-refractivity contribution >= 4 is 0 Å². The quantitative estimate of drug-likeness (QED) is 0.545. The van der Waals surface area contributed by atoms with E-state index in [0.717, 1.165) is 45.2 Å². The molecule has 0 amide bonds. The first-order valence-electron chi connectivity index (χ1n) is 7.68. The molecular weight excluding hydrogens is 224 g/mol. The molecular formula is C15H34N2O. The molecule has 110 valence electrons. The van der Waals surface area contributed by atoms with Crippen LogP contribution in [0.15, 0.2) is 0 Å². The second-order valence-corrected chi connectivity index (χ2v) is 5.20. The highest BCUT2D eigenvalue weighted by atomic mass is 16.5. The monoisotopic (exact) mass is 258 g/mol. The van der Waals surface area contributed by atoms with Crippen molar-refractivity contribution in [2.24, 2.45) is 5.92 Å². The predicted molar refractivity (Wildman–Crippen MR) is 80.1 cm³/mol. The first-order chi connectivity index (χ1) is 8.65. The van der Waals surface area contributed by atoms with Crippen LogP contribution in [0.4, 0.5) is 0 Å². The lowest BCUT2D eigenvalue weighted by molar-refractivity contribution is 0.143. The molecule has 18 heavy (non-hydrogen) atoms. The summed E-state index contributed by atoms with van der Waals surface area (Å²) >= 11 is 0. The van der Waals surface area contributed by atoms with Gasteiger partial charge >= 0.3 is 0 Å². The van der Waals surface area contributed by atoms with E-state index in [2.05, 4.69) is 37.9 Å². The van der Waals surface area contributed by atoms with Gasteiger partial charge in [0.25, 0.3) is 0 Å². The SMILES string of the molecule is CCOCCCNCC(C)N(CC)CC(C)CC. The van der Waals surface area contributed by atoms with Crippen LogP contribution < -0.4 is 5.32 Å². The van der Waals surface area contributed by atoms with Crippen LogP contribution in [-0.4, -0.2) is 50.3 Å². The van der Waals surface area contributed by atoms with Crippen molar-refractivity contribution in [3.63, 3.8) is 0 Å². The van der Waals surface area contributed by atoms with Gasteiger partial charge in [-0.15, -0.1) is 0 Å². The Morgan fingerprint density at radius 3 is 2.44 bits per heavy atom. The molecule has 0 bridgehead atoms. The molecule has 0 aromatic heterocycles. The molecule has 1 N–H and O–H groups in total. The van der Waals surface area contributed by atoms with E-state index >= 15 is 0 Å². The van der Waals surface area contributed by atoms with E-state index in [9.17, 15) is 0 Å². The molecule has 2 unspecified atom stereocenters. The Hall–Kier alpha value is -0.120. The number of nitrogens with zero attached hydrogens (tertiary/aromatic N) is 1. The summed E-state index contributed by atoms with van der Waals surface area (Å²) in [7, 11) is 0. The Labute approximate surface area is 114 Å². The highest BCUT2D eigenvalue weighted by molar-refractivity contribution is 4.70. The Morgan fingerprint density at radius 2 is 1.89 bits per heavy atom. The molecule has 0 heterocycles. The van der Waals surface area contributed by atoms with Gasteiger partial charge in [0, 0.05) is 32.3 Å². The summed E-state index contributed by atoms with van der Waals surface area (Å²) in [5.41, 5.74) is 0. The van der Waals surface area contributed by atoms with Crippen molar-refractivity contribution in [1.82, 2.24) is 10.2 Å². The van der Waals surface area contributed by atoms with Gasteiger partial charge in [-0.2, -0.15) is 0 Å². The van der Waals surface area contributed by atoms with Gasteiger partial charge in [0.1, 0.15) is 0 Å². The van der Waals surface area contributed by atoms with Crippen LogP contribution in [0.1, 0.15) is 47.5 Å². The first kappa shape index (κ1) is 17.9. The summed E-state index contributed by atoms with van der Waals surface area (Å²) in [5, 5.41) is 3.53. The van der Waals surface area contributed by atoms with E-state index in [-0.39, 0.29) is 0 Å². The van der Waals surface area contributed by atoms with E-state index < -0.39 is 0 Å². The zero-order valence-corrected chi connectivity index (χ0v) is 13.2. The van der Waals surface area contributed by atoms with Crippen LogP contribution in [0.25, 0.3) is 0 Å². The normalized spacial score (nSPS) is 15.0. The molecule has 3 nitrogen and oxygen atoms in total. The van der Waals surface area contributed by atoms with Crippen molar-refractivity contribution in [3.8, 4) is 0 Å². The summed E-state index contributed by atoms with van der Waals surface area (Å²) in [6, 6.07) is 0.621. The molecule has 0 saturated carbocycles. The minimum absolute atomic E-state index is 0.621. The van der Waals surface area contributed by atoms with Crippen LogP contribution in [0.3, 0.4) is 0 Å². The van der Waals surface area contributed by atoms with Gasteiger partial charge in [0.2, 0.25) is 0 Å². The molecule has 0 radical (unpaired) electrons. The van der Waals surface area contributed by atoms with Gasteiger partial charge in [-0.3, -0.25) is 4.90 Å². The van der Waals surface area contributed by atoms with E-state index in [0.29, 0.717) is 6.04 Å². The lowest BCUT2D eigenvalue weighted by atomic mass is 10.1. The first-order valence-corrected chi connectivity index (χ1v) is 7.68. The Kier molecular flexibility index (Phi) is 11.9. The highest BCUT2D eigenvalue weighted by Crippen LogP contribution is 2.07. The smallest absolute Gasteiger partial charge is 0.0477 e. The molecule has 0 aliphatic heterocycles. The molecule has 0 spiro atoms. The fourth-order valence-corrected chi connectivity index (χ4v) is 2.03. The second kappa shape index (κ2) is 11.9. The third-order valence-electron chi connectivity index (χ3n) is 3.56. The Morgan fingerprint density at radius 1 is 1.17 bits per heavy atom. The van der Waals surface area contributed by atoms with E-state index in [1.54, 1.807) is 0 Å². The van der Waals surface area contributed by atoms with Crippen molar-refractivity contribution in [1.29, 1.82) is 0 Å². The van der Waals surface area contributed by atoms with Crippen LogP contribution in [0.2, 0.25) is 0 Å². The van der Waals surface area contributed by atoms with Crippen molar-refractivity contribution in [2.45, 2.75) is 53.5 Å². The van der Waals surface area contributed by atoms with E-state index in [4.69, 9.17) is 4.74 Å². The minimum atomic E-state index is 0.621. The van der Waals surface area contributed by atoms with Gasteiger partial charge < -0.3 is 10.1 Å². The number of hydrogen-bond acceptors (Lipinski definition) is 3. The van der Waals surface area contributed by atoms with Crippen LogP contribution in [0, 0.1) is 5.92 Å². The maximum Gasteiger partial charge on any atom is 0.0477 e. The number of ether oxygens (including phenoxy) is 1. The van der Waals surface area contributed by atoms with Gasteiger partial charge in [0.15, 0.2) is 0 Å². The van der Waals surface area contributed by atoms with Crippen LogP contribution in [0.5, 0.6) is 0 Å². The maximum absolute atomic E-state index is 5.33. The maximum atomic E-state index is 5.33. The Balaban J connectivity index is 3.66. The topological polar surface area (TPSA) is 24.5 Å². The molecule has 0 aliphatic rings. The number of nitrogens with one attached hydrogen (secondary N) is 1. The lowest BCUT2D eigenvalue weighted by Crippen LogP contribution is -2.42. The predicted octanol–water partition coefficient (Wildman–Crippen LogP) is 2.76. The standard InChI is InChI=1S/C15H34N2O/c1-6-14(4)13-17(7-2)15(5)12-16-10-9-11-18-8-3/h14-16H,6-13H2,1-5H3. The fraction of sp³-hybridized carbons (Fsp3) is 1.00. The van der Waals surface area contributed by atoms with Gasteiger partial charge in [-0.05, 0) is 39.3 Å². The molecule has 0 fully saturated rings. The van der Waals surface area contributed by atoms with Crippen molar-refractivity contribution in [2.75, 3.05) is 39.4 Å². The number of likely N-dealkylation sites (N-methyl/N-ethyl adjacent to an activating group) is 1. The molecule has 0 rings (SSSR count). The van der Waals surface area contributed by atoms with Crippen molar-refractivity contribution in [3.05, 3.63) is 0 Å². The summed E-state index contributed by atoms with van der Waals surface area (Å²) in [6.45, 7) is 17.4. The molecule has 0 aliphatic carbocycles. The largest absolute Gasteiger partial charge is 0.382 e. The Bertz CT molecular complexity index is 176. The van der Waals surface area contributed by atoms with Gasteiger partial charge in [-0.25, -0.2) is 0 Å². The number of rotatable bonds is 12. The fourth-order valence-electron chi connectivity index (χ4n) is 2.03. The lowest BCUT2D eigenvalue weighted by Gasteiger charge is -2.30. The van der Waals surface area contributed by atoms with Gasteiger partial charge in [-0.1, -0.05) is 27.2 Å². The van der Waals surface area contributed by atoms with Gasteiger partial charge in [0.05, 0.1) is 0 Å². The molecule has 2 atom stereocenters. The van der Waals surface area contributed by atoms with E-state index in [1.807, 2.05) is 6.92 Å². The zero-order chi connectivity index (χ0) is 13.8. The molecule has 0 aromatic rings. The average molecular weight is 258 g/mol. The summed E-state index contributed by atoms with van der Waals surface area (Å²) < 4.78 is 5.33. The summed E-state index contributed by atoms with van der Waals surface area (Å²) in [5.74, 6) is 0.797.